The van der Waals surface area contributed by atoms with Gasteiger partial charge in [0, 0.05) is 24.5 Å². The lowest BCUT2D eigenvalue weighted by atomic mass is 10.0. The molecule has 0 aliphatic rings. The number of unbranched alkanes of at least 4 members (excludes halogenated alkanes) is 1. The monoisotopic (exact) mass is 599 g/mol. The summed E-state index contributed by atoms with van der Waals surface area (Å²) >= 11 is 6.25. The normalized spacial score (nSPS) is 11.9. The van der Waals surface area contributed by atoms with Crippen molar-refractivity contribution in [3.63, 3.8) is 0 Å². The van der Waals surface area contributed by atoms with E-state index in [1.54, 1.807) is 49.4 Å². The van der Waals surface area contributed by atoms with Gasteiger partial charge < -0.3 is 15.0 Å². The van der Waals surface area contributed by atoms with Crippen molar-refractivity contribution in [1.29, 1.82) is 0 Å². The first-order chi connectivity index (χ1) is 19.6. The summed E-state index contributed by atoms with van der Waals surface area (Å²) in [7, 11) is -3.91. The molecule has 0 aromatic heterocycles. The number of sulfonamides is 1. The maximum Gasteiger partial charge on any atom is 0.244 e. The third kappa shape index (κ3) is 9.50. The van der Waals surface area contributed by atoms with E-state index >= 15 is 0 Å². The van der Waals surface area contributed by atoms with Gasteiger partial charge in [-0.25, -0.2) is 8.42 Å². The minimum atomic E-state index is -3.91. The summed E-state index contributed by atoms with van der Waals surface area (Å²) in [5.74, 6) is -0.501. The van der Waals surface area contributed by atoms with Gasteiger partial charge in [-0.2, -0.15) is 0 Å². The van der Waals surface area contributed by atoms with Crippen molar-refractivity contribution in [1.82, 2.24) is 10.2 Å². The Kier molecular flexibility index (Phi) is 12.0. The Morgan fingerprint density at radius 3 is 2.29 bits per heavy atom. The Labute approximate surface area is 248 Å². The van der Waals surface area contributed by atoms with Crippen LogP contribution in [0.2, 0.25) is 5.02 Å². The Morgan fingerprint density at radius 2 is 1.63 bits per heavy atom. The van der Waals surface area contributed by atoms with Crippen LogP contribution in [0.25, 0.3) is 0 Å². The summed E-state index contributed by atoms with van der Waals surface area (Å²) in [6, 6.07) is 22.3. The van der Waals surface area contributed by atoms with Crippen molar-refractivity contribution in [2.75, 3.05) is 30.3 Å². The number of nitrogens with zero attached hydrogens (tertiary/aromatic N) is 2. The molecule has 3 aromatic rings. The highest BCUT2D eigenvalue weighted by molar-refractivity contribution is 7.92. The highest BCUT2D eigenvalue weighted by Gasteiger charge is 2.33. The first-order valence-electron chi connectivity index (χ1n) is 13.7. The van der Waals surface area contributed by atoms with E-state index in [-0.39, 0.29) is 24.6 Å². The van der Waals surface area contributed by atoms with Crippen LogP contribution >= 0.6 is 11.6 Å². The zero-order valence-electron chi connectivity index (χ0n) is 23.8. The van der Waals surface area contributed by atoms with E-state index in [4.69, 9.17) is 16.3 Å². The lowest BCUT2D eigenvalue weighted by Crippen LogP contribution is -2.53. The molecule has 10 heteroatoms. The molecular weight excluding hydrogens is 562 g/mol. The summed E-state index contributed by atoms with van der Waals surface area (Å²) in [4.78, 5) is 29.2. The molecular formula is C31H38ClN3O5S. The Hall–Kier alpha value is -3.56. The second kappa shape index (κ2) is 15.4. The second-order valence-corrected chi connectivity index (χ2v) is 12.0. The lowest BCUT2D eigenvalue weighted by molar-refractivity contribution is -0.140. The Balaban J connectivity index is 2.06. The van der Waals surface area contributed by atoms with Gasteiger partial charge in [0.15, 0.2) is 0 Å². The van der Waals surface area contributed by atoms with Gasteiger partial charge in [-0.3, -0.25) is 13.9 Å². The molecule has 0 aliphatic carbocycles. The van der Waals surface area contributed by atoms with Crippen LogP contribution in [-0.2, 0) is 32.6 Å². The van der Waals surface area contributed by atoms with Crippen molar-refractivity contribution in [2.45, 2.75) is 45.7 Å². The van der Waals surface area contributed by atoms with Crippen LogP contribution in [0, 0.1) is 0 Å². The molecule has 0 bridgehead atoms. The van der Waals surface area contributed by atoms with Gasteiger partial charge >= 0.3 is 0 Å². The summed E-state index contributed by atoms with van der Waals surface area (Å²) in [6.45, 7) is 4.16. The molecule has 3 aromatic carbocycles. The topological polar surface area (TPSA) is 96.0 Å². The van der Waals surface area contributed by atoms with Crippen molar-refractivity contribution in [3.8, 4) is 5.75 Å². The third-order valence-electron chi connectivity index (χ3n) is 6.46. The fourth-order valence-corrected chi connectivity index (χ4v) is 5.49. The van der Waals surface area contributed by atoms with Crippen LogP contribution in [0.15, 0.2) is 78.9 Å². The average Bonchev–Trinajstić information content (AvgIpc) is 2.94. The number of para-hydroxylation sites is 2. The molecule has 0 saturated carbocycles. The van der Waals surface area contributed by atoms with Crippen LogP contribution in [0.1, 0.15) is 37.8 Å². The van der Waals surface area contributed by atoms with Crippen LogP contribution in [0.3, 0.4) is 0 Å². The molecule has 0 fully saturated rings. The molecule has 0 unspecified atom stereocenters. The minimum Gasteiger partial charge on any atom is -0.492 e. The van der Waals surface area contributed by atoms with Gasteiger partial charge in [0.25, 0.3) is 0 Å². The van der Waals surface area contributed by atoms with Crippen molar-refractivity contribution < 1.29 is 22.7 Å². The predicted molar refractivity (Wildman–Crippen MR) is 164 cm³/mol. The Morgan fingerprint density at radius 1 is 0.951 bits per heavy atom. The molecule has 0 heterocycles. The number of halogens is 1. The second-order valence-electron chi connectivity index (χ2n) is 9.67. The maximum atomic E-state index is 14.2. The van der Waals surface area contributed by atoms with E-state index in [9.17, 15) is 18.0 Å². The van der Waals surface area contributed by atoms with Crippen molar-refractivity contribution in [2.24, 2.45) is 0 Å². The zero-order chi connectivity index (χ0) is 29.8. The number of carbonyl (C=O) groups is 2. The number of hydrogen-bond acceptors (Lipinski definition) is 5. The Bertz CT molecular complexity index is 1400. The number of ether oxygens (including phenoxy) is 1. The zero-order valence-corrected chi connectivity index (χ0v) is 25.3. The standard InChI is InChI=1S/C31H38ClN3O5S/c1-4-6-19-33-31(37)28(21-24-13-8-7-9-14-24)34(22-25-15-12-16-26(32)20-25)30(36)23-35(41(3,38)39)27-17-10-11-18-29(27)40-5-2/h7-18,20,28H,4-6,19,21-23H2,1-3H3,(H,33,37)/t28-/m0/s1. The molecule has 1 atom stereocenters. The maximum absolute atomic E-state index is 14.2. The molecule has 0 aliphatic heterocycles. The summed E-state index contributed by atoms with van der Waals surface area (Å²) in [5.41, 5.74) is 1.83. The van der Waals surface area contributed by atoms with Crippen molar-refractivity contribution >= 4 is 39.1 Å². The quantitative estimate of drug-likeness (QED) is 0.246. The van der Waals surface area contributed by atoms with Gasteiger partial charge in [-0.05, 0) is 48.7 Å². The number of anilines is 1. The minimum absolute atomic E-state index is 0.0583. The fourth-order valence-electron chi connectivity index (χ4n) is 4.43. The third-order valence-corrected chi connectivity index (χ3v) is 7.82. The van der Waals surface area contributed by atoms with Gasteiger partial charge in [0.2, 0.25) is 21.8 Å². The van der Waals surface area contributed by atoms with E-state index in [1.807, 2.05) is 43.3 Å². The number of hydrogen-bond donors (Lipinski definition) is 1. The first kappa shape index (κ1) is 32.0. The van der Waals surface area contributed by atoms with E-state index in [0.717, 1.165) is 29.0 Å². The summed E-state index contributed by atoms with van der Waals surface area (Å²) in [5, 5.41) is 3.46. The van der Waals surface area contributed by atoms with Gasteiger partial charge in [-0.15, -0.1) is 0 Å². The predicted octanol–water partition coefficient (Wildman–Crippen LogP) is 5.06. The first-order valence-corrected chi connectivity index (χ1v) is 15.9. The van der Waals surface area contributed by atoms with Crippen LogP contribution < -0.4 is 14.4 Å². The van der Waals surface area contributed by atoms with Gasteiger partial charge in [-0.1, -0.05) is 79.5 Å². The molecule has 0 radical (unpaired) electrons. The number of carbonyl (C=O) groups excluding carboxylic acids is 2. The SMILES string of the molecule is CCCCNC(=O)[C@H](Cc1ccccc1)N(Cc1cccc(Cl)c1)C(=O)CN(c1ccccc1OCC)S(C)(=O)=O. The van der Waals surface area contributed by atoms with E-state index in [1.165, 1.54) is 4.90 Å². The lowest BCUT2D eigenvalue weighted by Gasteiger charge is -2.33. The van der Waals surface area contributed by atoms with E-state index in [0.29, 0.717) is 29.5 Å². The molecule has 220 valence electrons. The molecule has 0 saturated heterocycles. The fraction of sp³-hybridized carbons (Fsp3) is 0.355. The van der Waals surface area contributed by atoms with Crippen LogP contribution in [0.5, 0.6) is 5.75 Å². The molecule has 1 N–H and O–H groups in total. The molecule has 0 spiro atoms. The molecule has 8 nitrogen and oxygen atoms in total. The van der Waals surface area contributed by atoms with E-state index < -0.39 is 28.5 Å². The highest BCUT2D eigenvalue weighted by Crippen LogP contribution is 2.30. The molecule has 3 rings (SSSR count). The van der Waals surface area contributed by atoms with Crippen LogP contribution in [0.4, 0.5) is 5.69 Å². The smallest absolute Gasteiger partial charge is 0.244 e. The number of nitrogens with one attached hydrogen (secondary N) is 1. The average molecular weight is 600 g/mol. The number of amides is 2. The number of rotatable bonds is 15. The summed E-state index contributed by atoms with van der Waals surface area (Å²) in [6.07, 6.45) is 2.99. The van der Waals surface area contributed by atoms with Gasteiger partial charge in [0.1, 0.15) is 18.3 Å². The van der Waals surface area contributed by atoms with Crippen molar-refractivity contribution in [3.05, 3.63) is 95.0 Å². The van der Waals surface area contributed by atoms with E-state index in [2.05, 4.69) is 5.32 Å². The highest BCUT2D eigenvalue weighted by atomic mass is 35.5. The molecule has 41 heavy (non-hydrogen) atoms. The summed E-state index contributed by atoms with van der Waals surface area (Å²) < 4.78 is 32.7. The van der Waals surface area contributed by atoms with Crippen LogP contribution in [-0.4, -0.2) is 57.1 Å². The molecule has 2 amide bonds. The largest absolute Gasteiger partial charge is 0.492 e. The van der Waals surface area contributed by atoms with Gasteiger partial charge in [0.05, 0.1) is 18.6 Å². The number of benzene rings is 3.